The van der Waals surface area contributed by atoms with E-state index in [1.807, 2.05) is 0 Å². The summed E-state index contributed by atoms with van der Waals surface area (Å²) in [6, 6.07) is 0. The fourth-order valence-corrected chi connectivity index (χ4v) is 12.2. The van der Waals surface area contributed by atoms with Crippen molar-refractivity contribution < 1.29 is 75.8 Å². The van der Waals surface area contributed by atoms with E-state index in [0.29, 0.717) is 25.7 Å². The monoisotopic (exact) mass is 1560 g/mol. The number of hydrogen-bond acceptors (Lipinski definition) is 14. The summed E-state index contributed by atoms with van der Waals surface area (Å²) >= 11 is 0. The fraction of sp³-hybridized carbons (Fsp3) is 0.615. The van der Waals surface area contributed by atoms with Crippen molar-refractivity contribution in [3.8, 4) is 0 Å². The van der Waals surface area contributed by atoms with E-state index in [-0.39, 0.29) is 19.3 Å². The zero-order valence-corrected chi connectivity index (χ0v) is 69.4. The molecule has 5 atom stereocenters. The standard InChI is InChI=1S/C91H148O16P2/c1-4-7-10-13-16-19-22-25-28-31-34-37-39-40-41-42-43-44-46-49-50-53-56-59-62-65-68-71-74-77-89(94)101-80-86(92)81-103-108(97,98)104-82-87(93)83-105-109(99,100)106-85-88(107-91(96)79-76-73-70-67-64-61-58-55-52-47-36-33-30-27-24-21-18-15-12-9-6-3)84-102-90(95)78-75-72-69-66-63-60-57-54-51-48-45-38-35-32-29-26-23-20-17-14-11-8-5-2/h7-12,16-21,25-30,34-38,40-41,47-48,51,55,58,64,67,86-88,92-93H,4-6,13-15,22-24,31-33,39,42-46,49-50,52-54,56-57,59-63,65-66,68-85H2,1-3H3,(H,97,98)(H,99,100)/b10-7-,11-8-,12-9-,19-16-,20-17-,21-18-,28-25-,29-26-,30-27-,37-34-,38-35-,41-40-,47-36-,51-48-,58-55-,67-64-. The second kappa shape index (κ2) is 81.9. The van der Waals surface area contributed by atoms with Crippen LogP contribution in [0, 0.1) is 0 Å². The number of carbonyl (C=O) groups is 3. The van der Waals surface area contributed by atoms with Gasteiger partial charge < -0.3 is 34.2 Å². The van der Waals surface area contributed by atoms with Crippen molar-refractivity contribution in [1.82, 2.24) is 0 Å². The lowest BCUT2D eigenvalue weighted by atomic mass is 10.0. The van der Waals surface area contributed by atoms with Crippen LogP contribution in [-0.2, 0) is 55.8 Å². The van der Waals surface area contributed by atoms with Crippen molar-refractivity contribution in [1.29, 1.82) is 0 Å². The predicted octanol–water partition coefficient (Wildman–Crippen LogP) is 25.1. The Kier molecular flexibility index (Phi) is 77.7. The number of unbranched alkanes of at least 4 members (excludes halogenated alkanes) is 22. The molecular formula is C91H148O16P2. The number of phosphoric acid groups is 2. The Morgan fingerprint density at radius 1 is 0.257 bits per heavy atom. The van der Waals surface area contributed by atoms with Crippen LogP contribution in [0.25, 0.3) is 0 Å². The summed E-state index contributed by atoms with van der Waals surface area (Å²) in [5.41, 5.74) is 0. The summed E-state index contributed by atoms with van der Waals surface area (Å²) in [7, 11) is -9.83. The first-order chi connectivity index (χ1) is 53.2. The van der Waals surface area contributed by atoms with E-state index in [9.17, 15) is 43.5 Å². The topological polar surface area (TPSA) is 231 Å². The van der Waals surface area contributed by atoms with Gasteiger partial charge >= 0.3 is 33.6 Å². The van der Waals surface area contributed by atoms with E-state index in [1.165, 1.54) is 57.8 Å². The number of aliphatic hydroxyl groups excluding tert-OH is 2. The Morgan fingerprint density at radius 2 is 0.459 bits per heavy atom. The number of esters is 3. The number of ether oxygens (including phenoxy) is 3. The van der Waals surface area contributed by atoms with Gasteiger partial charge in [0, 0.05) is 19.3 Å². The van der Waals surface area contributed by atoms with Gasteiger partial charge in [0.25, 0.3) is 0 Å². The summed E-state index contributed by atoms with van der Waals surface area (Å²) in [6.07, 6.45) is 108. The van der Waals surface area contributed by atoms with E-state index >= 15 is 0 Å². The Morgan fingerprint density at radius 3 is 0.743 bits per heavy atom. The van der Waals surface area contributed by atoms with Crippen LogP contribution < -0.4 is 0 Å². The van der Waals surface area contributed by atoms with Crippen LogP contribution >= 0.6 is 15.6 Å². The molecule has 0 amide bonds. The van der Waals surface area contributed by atoms with Crippen molar-refractivity contribution in [2.24, 2.45) is 0 Å². The molecule has 16 nitrogen and oxygen atoms in total. The SMILES string of the molecule is CC/C=C\C/C=C\C/C=C\C/C=C\C/C=C\C/C=C\CCCCC(=O)OC(COC(=O)CCCCCCCCC/C=C\C/C=C\C/C=C\C/C=C\C/C=C\CC)COP(=O)(O)OCC(O)COP(=O)(O)OCC(O)COC(=O)CCCCCCCCCCCCCCC/C=C\C/C=C\C/C=C\C/C=C\C/C=C\CC. The van der Waals surface area contributed by atoms with Crippen molar-refractivity contribution in [2.75, 3.05) is 39.6 Å². The molecule has 0 spiro atoms. The number of aliphatic hydroxyl groups is 2. The molecule has 0 radical (unpaired) electrons. The maximum absolute atomic E-state index is 13.0. The summed E-state index contributed by atoms with van der Waals surface area (Å²) in [5, 5.41) is 20.7. The minimum Gasteiger partial charge on any atom is -0.463 e. The molecule has 0 fully saturated rings. The molecule has 18 heteroatoms. The van der Waals surface area contributed by atoms with E-state index in [0.717, 1.165) is 180 Å². The summed E-state index contributed by atoms with van der Waals surface area (Å²) in [4.78, 5) is 58.8. The molecule has 5 unspecified atom stereocenters. The van der Waals surface area contributed by atoms with Crippen LogP contribution in [0.5, 0.6) is 0 Å². The Labute approximate surface area is 661 Å². The average molecular weight is 1560 g/mol. The van der Waals surface area contributed by atoms with E-state index in [2.05, 4.69) is 215 Å². The van der Waals surface area contributed by atoms with E-state index in [4.69, 9.17) is 32.3 Å². The highest BCUT2D eigenvalue weighted by Crippen LogP contribution is 2.45. The van der Waals surface area contributed by atoms with Crippen LogP contribution in [0.15, 0.2) is 194 Å². The fourth-order valence-electron chi connectivity index (χ4n) is 10.6. The molecule has 0 saturated heterocycles. The molecule has 0 aliphatic rings. The quantitative estimate of drug-likeness (QED) is 0.0146. The van der Waals surface area contributed by atoms with Crippen LogP contribution in [0.2, 0.25) is 0 Å². The summed E-state index contributed by atoms with van der Waals surface area (Å²) in [5.74, 6) is -1.65. The van der Waals surface area contributed by atoms with Gasteiger partial charge in [0.1, 0.15) is 25.4 Å². The molecule has 0 bridgehead atoms. The highest BCUT2D eigenvalue weighted by atomic mass is 31.2. The second-order valence-electron chi connectivity index (χ2n) is 27.1. The van der Waals surface area contributed by atoms with Gasteiger partial charge in [-0.3, -0.25) is 32.5 Å². The molecule has 618 valence electrons. The van der Waals surface area contributed by atoms with Crippen molar-refractivity contribution in [3.63, 3.8) is 0 Å². The molecule has 0 aliphatic heterocycles. The van der Waals surface area contributed by atoms with E-state index < -0.39 is 91.5 Å². The molecule has 0 aromatic carbocycles. The van der Waals surface area contributed by atoms with Crippen LogP contribution in [0.1, 0.15) is 303 Å². The molecule has 0 rings (SSSR count). The van der Waals surface area contributed by atoms with Crippen molar-refractivity contribution in [3.05, 3.63) is 194 Å². The van der Waals surface area contributed by atoms with Gasteiger partial charge in [0.2, 0.25) is 0 Å². The summed E-state index contributed by atoms with van der Waals surface area (Å²) in [6.45, 7) is 2.27. The predicted molar refractivity (Wildman–Crippen MR) is 454 cm³/mol. The lowest BCUT2D eigenvalue weighted by Gasteiger charge is -2.21. The Balaban J connectivity index is 4.68. The third-order valence-corrected chi connectivity index (χ3v) is 18.7. The van der Waals surface area contributed by atoms with Crippen LogP contribution in [0.3, 0.4) is 0 Å². The highest BCUT2D eigenvalue weighted by molar-refractivity contribution is 7.47. The van der Waals surface area contributed by atoms with Gasteiger partial charge in [-0.1, -0.05) is 318 Å². The average Bonchev–Trinajstić information content (AvgIpc) is 0.904. The van der Waals surface area contributed by atoms with Gasteiger partial charge in [0.05, 0.1) is 26.4 Å². The minimum atomic E-state index is -4.96. The van der Waals surface area contributed by atoms with Gasteiger partial charge in [-0.25, -0.2) is 9.13 Å². The van der Waals surface area contributed by atoms with Crippen molar-refractivity contribution in [2.45, 2.75) is 322 Å². The van der Waals surface area contributed by atoms with E-state index in [1.54, 1.807) is 0 Å². The number of allylic oxidation sites excluding steroid dienone is 32. The largest absolute Gasteiger partial charge is 0.472 e. The van der Waals surface area contributed by atoms with Gasteiger partial charge in [-0.2, -0.15) is 0 Å². The lowest BCUT2D eigenvalue weighted by molar-refractivity contribution is -0.161. The van der Waals surface area contributed by atoms with Gasteiger partial charge in [-0.15, -0.1) is 0 Å². The van der Waals surface area contributed by atoms with Crippen molar-refractivity contribution >= 4 is 33.6 Å². The Hall–Kier alpha value is -5.61. The van der Waals surface area contributed by atoms with Crippen LogP contribution in [0.4, 0.5) is 0 Å². The number of rotatable bonds is 77. The molecule has 0 aromatic heterocycles. The second-order valence-corrected chi connectivity index (χ2v) is 30.0. The maximum Gasteiger partial charge on any atom is 0.472 e. The molecular weight excluding hydrogens is 1410 g/mol. The molecule has 4 N–H and O–H groups in total. The lowest BCUT2D eigenvalue weighted by Crippen LogP contribution is -2.30. The summed E-state index contributed by atoms with van der Waals surface area (Å²) < 4.78 is 61.2. The number of hydrogen-bond donors (Lipinski definition) is 4. The minimum absolute atomic E-state index is 0.0392. The smallest absolute Gasteiger partial charge is 0.463 e. The zero-order chi connectivity index (χ0) is 79.4. The third-order valence-electron chi connectivity index (χ3n) is 16.8. The number of carbonyl (C=O) groups excluding carboxylic acids is 3. The molecule has 109 heavy (non-hydrogen) atoms. The third kappa shape index (κ3) is 83.2. The number of phosphoric ester groups is 2. The first kappa shape index (κ1) is 103. The highest BCUT2D eigenvalue weighted by Gasteiger charge is 2.29. The van der Waals surface area contributed by atoms with Gasteiger partial charge in [0.15, 0.2) is 6.10 Å². The normalized spacial score (nSPS) is 14.9. The first-order valence-corrected chi connectivity index (χ1v) is 44.7. The molecule has 0 aliphatic carbocycles. The Bertz CT molecular complexity index is 2760. The van der Waals surface area contributed by atoms with Crippen LogP contribution in [-0.4, -0.2) is 95.9 Å². The first-order valence-electron chi connectivity index (χ1n) is 41.7. The molecule has 0 heterocycles. The van der Waals surface area contributed by atoms with Gasteiger partial charge in [-0.05, 0) is 161 Å². The molecule has 0 aromatic rings. The zero-order valence-electron chi connectivity index (χ0n) is 67.6. The molecule has 0 saturated carbocycles. The maximum atomic E-state index is 13.0.